The number of hydrogen-bond donors (Lipinski definition) is 0. The third-order valence-electron chi connectivity index (χ3n) is 6.43. The molecule has 2 aliphatic rings. The summed E-state index contributed by atoms with van der Waals surface area (Å²) in [7, 11) is 0. The van der Waals surface area contributed by atoms with Gasteiger partial charge < -0.3 is 0 Å². The fraction of sp³-hybridized carbons (Fsp3) is 0.333. The van der Waals surface area contributed by atoms with Crippen LogP contribution in [0.25, 0.3) is 16.9 Å². The van der Waals surface area contributed by atoms with Gasteiger partial charge in [0, 0.05) is 11.0 Å². The maximum absolute atomic E-state index is 13.7. The first kappa shape index (κ1) is 16.5. The van der Waals surface area contributed by atoms with E-state index >= 15 is 0 Å². The van der Waals surface area contributed by atoms with Crippen LogP contribution in [0.15, 0.2) is 59.7 Å². The summed E-state index contributed by atoms with van der Waals surface area (Å²) in [6.07, 6.45) is 8.51. The Kier molecular flexibility index (Phi) is 3.78. The normalized spacial score (nSPS) is 17.4. The molecule has 1 saturated carbocycles. The lowest BCUT2D eigenvalue weighted by Gasteiger charge is -2.41. The molecule has 27 heavy (non-hydrogen) atoms. The van der Waals surface area contributed by atoms with Gasteiger partial charge in [-0.3, -0.25) is 9.36 Å². The van der Waals surface area contributed by atoms with Crippen molar-refractivity contribution >= 4 is 0 Å². The minimum Gasteiger partial charge on any atom is -0.269 e. The third kappa shape index (κ3) is 2.56. The molecule has 3 aromatic rings. The second-order valence-electron chi connectivity index (χ2n) is 8.15. The first-order chi connectivity index (χ1) is 13.2. The number of aryl methyl sites for hydroxylation is 1. The van der Waals surface area contributed by atoms with E-state index in [0.717, 1.165) is 41.8 Å². The van der Waals surface area contributed by atoms with Crippen LogP contribution in [-0.4, -0.2) is 9.55 Å². The summed E-state index contributed by atoms with van der Waals surface area (Å²) in [5.41, 5.74) is 6.47. The zero-order chi connectivity index (χ0) is 18.4. The van der Waals surface area contributed by atoms with E-state index < -0.39 is 0 Å². The van der Waals surface area contributed by atoms with Crippen LogP contribution in [0.2, 0.25) is 0 Å². The Labute approximate surface area is 159 Å². The zero-order valence-electron chi connectivity index (χ0n) is 15.7. The summed E-state index contributed by atoms with van der Waals surface area (Å²) >= 11 is 0. The Hall–Kier alpha value is -2.68. The Morgan fingerprint density at radius 1 is 0.963 bits per heavy atom. The summed E-state index contributed by atoms with van der Waals surface area (Å²) in [6.45, 7) is 2.06. The van der Waals surface area contributed by atoms with Gasteiger partial charge in [0.05, 0.1) is 16.9 Å². The molecule has 0 atom stereocenters. The van der Waals surface area contributed by atoms with E-state index in [2.05, 4.69) is 31.2 Å². The highest BCUT2D eigenvalue weighted by Crippen LogP contribution is 2.48. The predicted octanol–water partition coefficient (Wildman–Crippen LogP) is 4.97. The van der Waals surface area contributed by atoms with Gasteiger partial charge in [0.2, 0.25) is 0 Å². The van der Waals surface area contributed by atoms with Crippen molar-refractivity contribution in [2.75, 3.05) is 0 Å². The van der Waals surface area contributed by atoms with Gasteiger partial charge >= 0.3 is 0 Å². The molecule has 2 aliphatic carbocycles. The lowest BCUT2D eigenvalue weighted by atomic mass is 9.62. The van der Waals surface area contributed by atoms with Gasteiger partial charge in [-0.1, -0.05) is 61.2 Å². The number of hydrogen-bond acceptors (Lipinski definition) is 2. The molecule has 1 spiro atoms. The van der Waals surface area contributed by atoms with Gasteiger partial charge in [-0.2, -0.15) is 0 Å². The van der Waals surface area contributed by atoms with E-state index in [1.807, 2.05) is 24.3 Å². The molecule has 1 aromatic heterocycles. The van der Waals surface area contributed by atoms with E-state index in [4.69, 9.17) is 4.98 Å². The monoisotopic (exact) mass is 356 g/mol. The lowest BCUT2D eigenvalue weighted by Crippen LogP contribution is -2.42. The zero-order valence-corrected chi connectivity index (χ0v) is 15.7. The minimum absolute atomic E-state index is 0.0558. The van der Waals surface area contributed by atoms with E-state index in [9.17, 15) is 4.79 Å². The van der Waals surface area contributed by atoms with E-state index in [0.29, 0.717) is 0 Å². The lowest BCUT2D eigenvalue weighted by molar-refractivity contribution is 0.284. The SMILES string of the molecule is Cc1ccc(-n2cnc3c(c2=O)C2(CCCCC2)Cc2ccccc2-3)cc1. The summed E-state index contributed by atoms with van der Waals surface area (Å²) in [4.78, 5) is 18.5. The van der Waals surface area contributed by atoms with E-state index in [1.165, 1.54) is 30.4 Å². The highest BCUT2D eigenvalue weighted by Gasteiger charge is 2.42. The maximum atomic E-state index is 13.7. The van der Waals surface area contributed by atoms with Crippen molar-refractivity contribution in [3.05, 3.63) is 81.9 Å². The molecular formula is C24H24N2O. The van der Waals surface area contributed by atoms with Gasteiger partial charge in [0.25, 0.3) is 5.56 Å². The molecule has 2 aromatic carbocycles. The largest absolute Gasteiger partial charge is 0.269 e. The predicted molar refractivity (Wildman–Crippen MR) is 108 cm³/mol. The van der Waals surface area contributed by atoms with Gasteiger partial charge in [0.1, 0.15) is 6.33 Å². The van der Waals surface area contributed by atoms with Gasteiger partial charge in [0.15, 0.2) is 0 Å². The average Bonchev–Trinajstić information content (AvgIpc) is 2.69. The standard InChI is InChI=1S/C24H24N2O/c1-17-9-11-19(12-10-17)26-16-25-22-20-8-4-3-7-18(20)15-24(21(22)23(26)27)13-5-2-6-14-24/h3-4,7-12,16H,2,5-6,13-15H2,1H3. The molecule has 136 valence electrons. The van der Waals surface area contributed by atoms with Crippen LogP contribution in [0.4, 0.5) is 0 Å². The van der Waals surface area contributed by atoms with Crippen LogP contribution in [0.5, 0.6) is 0 Å². The van der Waals surface area contributed by atoms with Crippen LogP contribution in [0, 0.1) is 6.92 Å². The van der Waals surface area contributed by atoms with Crippen molar-refractivity contribution in [2.24, 2.45) is 0 Å². The molecule has 0 unspecified atom stereocenters. The van der Waals surface area contributed by atoms with Gasteiger partial charge in [-0.15, -0.1) is 0 Å². The molecule has 0 radical (unpaired) electrons. The van der Waals surface area contributed by atoms with Crippen molar-refractivity contribution in [1.82, 2.24) is 9.55 Å². The third-order valence-corrected chi connectivity index (χ3v) is 6.43. The highest BCUT2D eigenvalue weighted by atomic mass is 16.1. The summed E-state index contributed by atoms with van der Waals surface area (Å²) in [5.74, 6) is 0. The number of nitrogens with zero attached hydrogens (tertiary/aromatic N) is 2. The molecule has 3 nitrogen and oxygen atoms in total. The Bertz CT molecular complexity index is 1060. The second-order valence-corrected chi connectivity index (χ2v) is 8.15. The number of fused-ring (bicyclic) bond motifs is 4. The number of aromatic nitrogens is 2. The van der Waals surface area contributed by atoms with Crippen LogP contribution in [0.1, 0.15) is 48.8 Å². The molecule has 0 aliphatic heterocycles. The van der Waals surface area contributed by atoms with Crippen LogP contribution in [0.3, 0.4) is 0 Å². The van der Waals surface area contributed by atoms with Crippen molar-refractivity contribution < 1.29 is 0 Å². The molecule has 0 N–H and O–H groups in total. The average molecular weight is 356 g/mol. The first-order valence-corrected chi connectivity index (χ1v) is 9.95. The number of rotatable bonds is 1. The number of benzene rings is 2. The Morgan fingerprint density at radius 3 is 2.48 bits per heavy atom. The van der Waals surface area contributed by atoms with Crippen LogP contribution < -0.4 is 5.56 Å². The fourth-order valence-electron chi connectivity index (χ4n) is 5.04. The maximum Gasteiger partial charge on any atom is 0.262 e. The summed E-state index contributed by atoms with van der Waals surface area (Å²) in [5, 5.41) is 0. The molecule has 0 bridgehead atoms. The topological polar surface area (TPSA) is 34.9 Å². The van der Waals surface area contributed by atoms with Crippen molar-refractivity contribution in [1.29, 1.82) is 0 Å². The van der Waals surface area contributed by atoms with E-state index in [1.54, 1.807) is 10.9 Å². The van der Waals surface area contributed by atoms with Crippen molar-refractivity contribution in [2.45, 2.75) is 50.9 Å². The molecule has 5 rings (SSSR count). The van der Waals surface area contributed by atoms with Gasteiger partial charge in [-0.25, -0.2) is 4.98 Å². The summed E-state index contributed by atoms with van der Waals surface area (Å²) in [6, 6.07) is 16.6. The molecule has 0 saturated heterocycles. The molecule has 3 heteroatoms. The van der Waals surface area contributed by atoms with E-state index in [-0.39, 0.29) is 11.0 Å². The molecule has 1 heterocycles. The highest BCUT2D eigenvalue weighted by molar-refractivity contribution is 5.71. The molecular weight excluding hydrogens is 332 g/mol. The Morgan fingerprint density at radius 2 is 1.70 bits per heavy atom. The molecule has 1 fully saturated rings. The van der Waals surface area contributed by atoms with Crippen molar-refractivity contribution in [3.63, 3.8) is 0 Å². The quantitative estimate of drug-likeness (QED) is 0.617. The Balaban J connectivity index is 1.77. The first-order valence-electron chi connectivity index (χ1n) is 9.95. The van der Waals surface area contributed by atoms with Crippen molar-refractivity contribution in [3.8, 4) is 16.9 Å². The fourth-order valence-corrected chi connectivity index (χ4v) is 5.04. The van der Waals surface area contributed by atoms with Crippen LogP contribution >= 0.6 is 0 Å². The van der Waals surface area contributed by atoms with Crippen LogP contribution in [-0.2, 0) is 11.8 Å². The minimum atomic E-state index is -0.0558. The molecule has 0 amide bonds. The van der Waals surface area contributed by atoms with Gasteiger partial charge in [-0.05, 0) is 43.9 Å². The smallest absolute Gasteiger partial charge is 0.262 e. The second kappa shape index (κ2) is 6.19. The summed E-state index contributed by atoms with van der Waals surface area (Å²) < 4.78 is 1.74.